The first-order valence-corrected chi connectivity index (χ1v) is 7.24. The van der Waals surface area contributed by atoms with E-state index in [1.54, 1.807) is 44.4 Å². The largest absolute Gasteiger partial charge is 0.493 e. The van der Waals surface area contributed by atoms with E-state index in [0.717, 1.165) is 11.3 Å². The van der Waals surface area contributed by atoms with E-state index in [9.17, 15) is 4.79 Å². The van der Waals surface area contributed by atoms with E-state index in [2.05, 4.69) is 0 Å². The van der Waals surface area contributed by atoms with Gasteiger partial charge in [-0.3, -0.25) is 0 Å². The molecule has 0 spiro atoms. The zero-order valence-electron chi connectivity index (χ0n) is 13.9. The molecule has 0 radical (unpaired) electrons. The molecule has 2 rings (SSSR count). The van der Waals surface area contributed by atoms with Gasteiger partial charge in [0.05, 0.1) is 27.0 Å². The Morgan fingerprint density at radius 3 is 2.39 bits per heavy atom. The zero-order chi connectivity index (χ0) is 16.8. The molecule has 6 heteroatoms. The van der Waals surface area contributed by atoms with Crippen molar-refractivity contribution in [3.05, 3.63) is 47.9 Å². The van der Waals surface area contributed by atoms with Crippen molar-refractivity contribution in [3.63, 3.8) is 0 Å². The van der Waals surface area contributed by atoms with Gasteiger partial charge >= 0.3 is 6.03 Å². The summed E-state index contributed by atoms with van der Waals surface area (Å²) in [5, 5.41) is 0. The SMILES string of the molecule is COc1ccc(CN(Cc2ccco2)C(=O)N(C)C)cc1OC. The molecule has 0 N–H and O–H groups in total. The third-order valence-electron chi connectivity index (χ3n) is 3.40. The Morgan fingerprint density at radius 1 is 1.09 bits per heavy atom. The van der Waals surface area contributed by atoms with Crippen molar-refractivity contribution in [1.82, 2.24) is 9.80 Å². The summed E-state index contributed by atoms with van der Waals surface area (Å²) in [6.07, 6.45) is 1.60. The average Bonchev–Trinajstić information content (AvgIpc) is 3.06. The van der Waals surface area contributed by atoms with Crippen molar-refractivity contribution in [2.75, 3.05) is 28.3 Å². The molecule has 23 heavy (non-hydrogen) atoms. The van der Waals surface area contributed by atoms with Crippen LogP contribution in [0.3, 0.4) is 0 Å². The van der Waals surface area contributed by atoms with E-state index in [4.69, 9.17) is 13.9 Å². The molecular formula is C17H22N2O4. The fourth-order valence-electron chi connectivity index (χ4n) is 2.26. The predicted octanol–water partition coefficient (Wildman–Crippen LogP) is 2.98. The molecule has 0 aliphatic carbocycles. The van der Waals surface area contributed by atoms with Crippen LogP contribution >= 0.6 is 0 Å². The number of hydrogen-bond acceptors (Lipinski definition) is 4. The second kappa shape index (κ2) is 7.58. The quantitative estimate of drug-likeness (QED) is 0.821. The number of benzene rings is 1. The molecule has 1 aromatic heterocycles. The topological polar surface area (TPSA) is 55.2 Å². The van der Waals surface area contributed by atoms with Crippen LogP contribution in [-0.4, -0.2) is 44.1 Å². The minimum absolute atomic E-state index is 0.0869. The van der Waals surface area contributed by atoms with Gasteiger partial charge in [0.15, 0.2) is 11.5 Å². The molecule has 6 nitrogen and oxygen atoms in total. The zero-order valence-corrected chi connectivity index (χ0v) is 13.9. The van der Waals surface area contributed by atoms with Gasteiger partial charge in [0.25, 0.3) is 0 Å². The summed E-state index contributed by atoms with van der Waals surface area (Å²) in [7, 11) is 6.64. The molecular weight excluding hydrogens is 296 g/mol. The Balaban J connectivity index is 2.21. The van der Waals surface area contributed by atoms with Crippen LogP contribution in [-0.2, 0) is 13.1 Å². The molecule has 0 fully saturated rings. The number of carbonyl (C=O) groups excluding carboxylic acids is 1. The summed E-state index contributed by atoms with van der Waals surface area (Å²) in [4.78, 5) is 15.7. The first-order chi connectivity index (χ1) is 11.0. The first kappa shape index (κ1) is 16.7. The number of urea groups is 1. The molecule has 0 saturated heterocycles. The Labute approximate surface area is 136 Å². The number of furan rings is 1. The van der Waals surface area contributed by atoms with Crippen molar-refractivity contribution in [2.45, 2.75) is 13.1 Å². The van der Waals surface area contributed by atoms with Crippen LogP contribution in [0.4, 0.5) is 4.79 Å². The van der Waals surface area contributed by atoms with Gasteiger partial charge in [0.2, 0.25) is 0 Å². The normalized spacial score (nSPS) is 10.3. The number of hydrogen-bond donors (Lipinski definition) is 0. The Bertz CT molecular complexity index is 638. The summed E-state index contributed by atoms with van der Waals surface area (Å²) >= 11 is 0. The first-order valence-electron chi connectivity index (χ1n) is 7.24. The van der Waals surface area contributed by atoms with Gasteiger partial charge in [-0.05, 0) is 29.8 Å². The second-order valence-corrected chi connectivity index (χ2v) is 5.30. The van der Waals surface area contributed by atoms with Gasteiger partial charge in [0, 0.05) is 20.6 Å². The highest BCUT2D eigenvalue weighted by atomic mass is 16.5. The smallest absolute Gasteiger partial charge is 0.320 e. The fourth-order valence-corrected chi connectivity index (χ4v) is 2.26. The van der Waals surface area contributed by atoms with E-state index in [0.29, 0.717) is 24.6 Å². The Hall–Kier alpha value is -2.63. The van der Waals surface area contributed by atoms with Crippen molar-refractivity contribution in [2.24, 2.45) is 0 Å². The van der Waals surface area contributed by atoms with E-state index in [1.165, 1.54) is 0 Å². The van der Waals surface area contributed by atoms with Crippen molar-refractivity contribution in [1.29, 1.82) is 0 Å². The third kappa shape index (κ3) is 4.18. The highest BCUT2D eigenvalue weighted by Gasteiger charge is 2.18. The molecule has 1 aromatic carbocycles. The minimum Gasteiger partial charge on any atom is -0.493 e. The van der Waals surface area contributed by atoms with Gasteiger partial charge in [0.1, 0.15) is 5.76 Å². The number of nitrogens with zero attached hydrogens (tertiary/aromatic N) is 2. The van der Waals surface area contributed by atoms with Crippen LogP contribution in [0.15, 0.2) is 41.0 Å². The lowest BCUT2D eigenvalue weighted by atomic mass is 10.2. The standard InChI is InChI=1S/C17H22N2O4/c1-18(2)17(20)19(12-14-6-5-9-23-14)11-13-7-8-15(21-3)16(10-13)22-4/h5-10H,11-12H2,1-4H3. The van der Waals surface area contributed by atoms with Crippen LogP contribution in [0.25, 0.3) is 0 Å². The van der Waals surface area contributed by atoms with Gasteiger partial charge in [-0.2, -0.15) is 0 Å². The van der Waals surface area contributed by atoms with Gasteiger partial charge in [-0.15, -0.1) is 0 Å². The number of rotatable bonds is 6. The van der Waals surface area contributed by atoms with Gasteiger partial charge < -0.3 is 23.7 Å². The summed E-state index contributed by atoms with van der Waals surface area (Å²) in [6.45, 7) is 0.844. The maximum absolute atomic E-state index is 12.4. The average molecular weight is 318 g/mol. The Morgan fingerprint density at radius 2 is 1.83 bits per heavy atom. The van der Waals surface area contributed by atoms with E-state index in [1.807, 2.05) is 30.3 Å². The van der Waals surface area contributed by atoms with Crippen LogP contribution in [0.2, 0.25) is 0 Å². The fraction of sp³-hybridized carbons (Fsp3) is 0.353. The maximum atomic E-state index is 12.4. The highest BCUT2D eigenvalue weighted by Crippen LogP contribution is 2.28. The van der Waals surface area contributed by atoms with Crippen LogP contribution in [0, 0.1) is 0 Å². The van der Waals surface area contributed by atoms with Crippen LogP contribution < -0.4 is 9.47 Å². The van der Waals surface area contributed by atoms with Gasteiger partial charge in [-0.1, -0.05) is 6.07 Å². The van der Waals surface area contributed by atoms with Gasteiger partial charge in [-0.25, -0.2) is 4.79 Å². The summed E-state index contributed by atoms with van der Waals surface area (Å²) < 4.78 is 15.9. The van der Waals surface area contributed by atoms with E-state index in [-0.39, 0.29) is 6.03 Å². The lowest BCUT2D eigenvalue weighted by Crippen LogP contribution is -2.38. The number of ether oxygens (including phenoxy) is 2. The summed E-state index contributed by atoms with van der Waals surface area (Å²) in [5.41, 5.74) is 0.949. The summed E-state index contributed by atoms with van der Waals surface area (Å²) in [5.74, 6) is 2.04. The number of carbonyl (C=O) groups is 1. The summed E-state index contributed by atoms with van der Waals surface area (Å²) in [6, 6.07) is 9.20. The van der Waals surface area contributed by atoms with Crippen molar-refractivity contribution >= 4 is 6.03 Å². The lowest BCUT2D eigenvalue weighted by molar-refractivity contribution is 0.161. The molecule has 0 aliphatic rings. The van der Waals surface area contributed by atoms with Crippen LogP contribution in [0.5, 0.6) is 11.5 Å². The molecule has 2 amide bonds. The molecule has 0 unspecified atom stereocenters. The third-order valence-corrected chi connectivity index (χ3v) is 3.40. The van der Waals surface area contributed by atoms with E-state index < -0.39 is 0 Å². The molecule has 0 atom stereocenters. The minimum atomic E-state index is -0.0869. The molecule has 0 saturated carbocycles. The van der Waals surface area contributed by atoms with Crippen molar-refractivity contribution in [3.8, 4) is 11.5 Å². The number of methoxy groups -OCH3 is 2. The molecule has 0 aliphatic heterocycles. The van der Waals surface area contributed by atoms with Crippen molar-refractivity contribution < 1.29 is 18.7 Å². The second-order valence-electron chi connectivity index (χ2n) is 5.30. The maximum Gasteiger partial charge on any atom is 0.320 e. The molecule has 124 valence electrons. The van der Waals surface area contributed by atoms with E-state index >= 15 is 0 Å². The Kier molecular flexibility index (Phi) is 5.51. The molecule has 0 bridgehead atoms. The van der Waals surface area contributed by atoms with Crippen LogP contribution in [0.1, 0.15) is 11.3 Å². The molecule has 2 aromatic rings. The lowest BCUT2D eigenvalue weighted by Gasteiger charge is -2.25. The predicted molar refractivity (Wildman–Crippen MR) is 86.6 cm³/mol. The monoisotopic (exact) mass is 318 g/mol. The molecule has 1 heterocycles. The number of amides is 2. The highest BCUT2D eigenvalue weighted by molar-refractivity contribution is 5.73.